The Hall–Kier alpha value is -3.97. The quantitative estimate of drug-likeness (QED) is 0.357. The molecule has 0 bridgehead atoms. The summed E-state index contributed by atoms with van der Waals surface area (Å²) in [5.41, 5.74) is 11.5. The molecule has 5 rings (SSSR count). The Morgan fingerprint density at radius 1 is 0.897 bits per heavy atom. The van der Waals surface area contributed by atoms with Crippen LogP contribution in [0.25, 0.3) is 0 Å². The summed E-state index contributed by atoms with van der Waals surface area (Å²) in [7, 11) is 1.77. The summed E-state index contributed by atoms with van der Waals surface area (Å²) in [4.78, 5) is 43.5. The van der Waals surface area contributed by atoms with Gasteiger partial charge in [-0.15, -0.1) is 0 Å². The van der Waals surface area contributed by atoms with Gasteiger partial charge in [0.05, 0.1) is 6.10 Å². The Morgan fingerprint density at radius 2 is 1.56 bits per heavy atom. The van der Waals surface area contributed by atoms with Gasteiger partial charge in [0.15, 0.2) is 11.6 Å². The van der Waals surface area contributed by atoms with Crippen LogP contribution in [0.3, 0.4) is 0 Å². The number of rotatable bonds is 7. The summed E-state index contributed by atoms with van der Waals surface area (Å²) in [6.45, 7) is 3.75. The summed E-state index contributed by atoms with van der Waals surface area (Å²) in [6, 6.07) is 19.4. The molecule has 7 nitrogen and oxygen atoms in total. The highest BCUT2D eigenvalue weighted by Gasteiger charge is 2.37. The molecule has 2 heterocycles. The van der Waals surface area contributed by atoms with E-state index in [-0.39, 0.29) is 30.0 Å². The Bertz CT molecular complexity index is 1360. The highest BCUT2D eigenvalue weighted by Crippen LogP contribution is 2.38. The molecule has 1 amide bonds. The van der Waals surface area contributed by atoms with Crippen LogP contribution in [0, 0.1) is 0 Å². The van der Waals surface area contributed by atoms with Crippen LogP contribution in [-0.4, -0.2) is 55.2 Å². The van der Waals surface area contributed by atoms with Gasteiger partial charge in [0.25, 0.3) is 5.91 Å². The molecule has 2 aliphatic heterocycles. The van der Waals surface area contributed by atoms with Crippen molar-refractivity contribution in [3.8, 4) is 0 Å². The second-order valence-electron chi connectivity index (χ2n) is 10.4. The third kappa shape index (κ3) is 5.59. The van der Waals surface area contributed by atoms with Crippen molar-refractivity contribution >= 4 is 28.8 Å². The molecule has 0 aromatic heterocycles. The third-order valence-electron chi connectivity index (χ3n) is 7.97. The van der Waals surface area contributed by atoms with Crippen LogP contribution in [-0.2, 0) is 22.4 Å². The Labute approximate surface area is 229 Å². The van der Waals surface area contributed by atoms with Crippen LogP contribution < -0.4 is 10.6 Å². The number of carbonyl (C=O) groups excluding carboxylic acids is 3. The predicted molar refractivity (Wildman–Crippen MR) is 152 cm³/mol. The second kappa shape index (κ2) is 11.4. The van der Waals surface area contributed by atoms with E-state index in [1.165, 1.54) is 6.92 Å². The molecule has 1 saturated heterocycles. The zero-order valence-corrected chi connectivity index (χ0v) is 22.6. The fraction of sp³-hybridized carbons (Fsp3) is 0.344. The molecule has 0 saturated carbocycles. The van der Waals surface area contributed by atoms with Gasteiger partial charge in [0.1, 0.15) is 6.04 Å². The Kier molecular flexibility index (Phi) is 7.79. The molecule has 0 spiro atoms. The third-order valence-corrected chi connectivity index (χ3v) is 7.97. The Morgan fingerprint density at radius 3 is 2.21 bits per heavy atom. The van der Waals surface area contributed by atoms with Crippen LogP contribution in [0.15, 0.2) is 66.7 Å². The largest absolute Gasteiger partial charge is 0.399 e. The number of nitrogen functional groups attached to an aromatic ring is 1. The molecule has 39 heavy (non-hydrogen) atoms. The number of hydrogen-bond acceptors (Lipinski definition) is 6. The zero-order chi connectivity index (χ0) is 27.5. The van der Waals surface area contributed by atoms with E-state index in [9.17, 15) is 14.4 Å². The van der Waals surface area contributed by atoms with Crippen molar-refractivity contribution in [2.75, 3.05) is 37.4 Å². The number of ether oxygens (including phenoxy) is 1. The first kappa shape index (κ1) is 26.6. The number of Topliss-reactive ketones (excluding diaryl/α,β-unsaturated/α-hetero) is 2. The first-order chi connectivity index (χ1) is 18.9. The first-order valence-corrected chi connectivity index (χ1v) is 13.5. The van der Waals surface area contributed by atoms with Gasteiger partial charge < -0.3 is 20.3 Å². The number of ketones is 2. The van der Waals surface area contributed by atoms with Gasteiger partial charge in [-0.05, 0) is 73.2 Å². The average molecular weight is 526 g/mol. The maximum atomic E-state index is 14.0. The monoisotopic (exact) mass is 525 g/mol. The first-order valence-electron chi connectivity index (χ1n) is 13.5. The Balaban J connectivity index is 1.49. The number of methoxy groups -OCH3 is 1. The van der Waals surface area contributed by atoms with Gasteiger partial charge in [-0.3, -0.25) is 14.4 Å². The minimum atomic E-state index is -0.706. The number of nitrogens with zero attached hydrogens (tertiary/aromatic N) is 2. The van der Waals surface area contributed by atoms with E-state index in [1.54, 1.807) is 48.4 Å². The molecule has 202 valence electrons. The number of fused-ring (bicyclic) bond motifs is 1. The molecule has 7 heteroatoms. The van der Waals surface area contributed by atoms with Gasteiger partial charge in [0, 0.05) is 55.7 Å². The SMILES string of the molecule is COC1CCN(c2cccc3c2CCN(C(=O)c2ccc(N)cc2)C3C(=O)Cc2ccc(C(C)=O)cc2)CC1. The fourth-order valence-corrected chi connectivity index (χ4v) is 5.79. The van der Waals surface area contributed by atoms with Gasteiger partial charge in [-0.1, -0.05) is 36.4 Å². The minimum Gasteiger partial charge on any atom is -0.399 e. The zero-order valence-electron chi connectivity index (χ0n) is 22.6. The smallest absolute Gasteiger partial charge is 0.254 e. The summed E-state index contributed by atoms with van der Waals surface area (Å²) >= 11 is 0. The van der Waals surface area contributed by atoms with E-state index in [1.807, 2.05) is 24.3 Å². The number of carbonyl (C=O) groups is 3. The van der Waals surface area contributed by atoms with Crippen molar-refractivity contribution < 1.29 is 19.1 Å². The van der Waals surface area contributed by atoms with Crippen molar-refractivity contribution in [1.82, 2.24) is 4.90 Å². The molecule has 3 aromatic rings. The summed E-state index contributed by atoms with van der Waals surface area (Å²) in [5, 5.41) is 0. The lowest BCUT2D eigenvalue weighted by Crippen LogP contribution is -2.45. The van der Waals surface area contributed by atoms with Crippen LogP contribution in [0.2, 0.25) is 0 Å². The van der Waals surface area contributed by atoms with Crippen molar-refractivity contribution in [2.24, 2.45) is 0 Å². The van der Waals surface area contributed by atoms with Crippen molar-refractivity contribution in [1.29, 1.82) is 0 Å². The average Bonchev–Trinajstić information content (AvgIpc) is 2.96. The molecular weight excluding hydrogens is 490 g/mol. The molecule has 1 atom stereocenters. The molecule has 1 fully saturated rings. The second-order valence-corrected chi connectivity index (χ2v) is 10.4. The van der Waals surface area contributed by atoms with Crippen LogP contribution in [0.4, 0.5) is 11.4 Å². The van der Waals surface area contributed by atoms with E-state index in [2.05, 4.69) is 11.0 Å². The van der Waals surface area contributed by atoms with E-state index in [0.29, 0.717) is 29.8 Å². The van der Waals surface area contributed by atoms with Crippen molar-refractivity contribution in [3.05, 3.63) is 94.5 Å². The van der Waals surface area contributed by atoms with Gasteiger partial charge >= 0.3 is 0 Å². The standard InChI is InChI=1S/C32H35N3O4/c1-21(36)23-8-6-22(7-9-23)20-30(37)31-28-4-3-5-29(34-17-14-26(39-2)15-18-34)27(28)16-19-35(31)32(38)24-10-12-25(33)13-11-24/h3-13,26,31H,14-20,33H2,1-2H3. The lowest BCUT2D eigenvalue weighted by Gasteiger charge is -2.40. The van der Waals surface area contributed by atoms with E-state index in [4.69, 9.17) is 10.5 Å². The van der Waals surface area contributed by atoms with E-state index in [0.717, 1.165) is 48.3 Å². The highest BCUT2D eigenvalue weighted by atomic mass is 16.5. The molecular formula is C32H35N3O4. The fourth-order valence-electron chi connectivity index (χ4n) is 5.79. The molecule has 1 unspecified atom stereocenters. The van der Waals surface area contributed by atoms with Gasteiger partial charge in [-0.25, -0.2) is 0 Å². The molecule has 2 aliphatic rings. The lowest BCUT2D eigenvalue weighted by molar-refractivity contribution is -0.123. The van der Waals surface area contributed by atoms with Crippen molar-refractivity contribution in [2.45, 2.75) is 44.8 Å². The number of anilines is 2. The molecule has 2 N–H and O–H groups in total. The van der Waals surface area contributed by atoms with Gasteiger partial charge in [0.2, 0.25) is 0 Å². The normalized spacial score (nSPS) is 17.5. The van der Waals surface area contributed by atoms with Crippen molar-refractivity contribution in [3.63, 3.8) is 0 Å². The number of hydrogen-bond donors (Lipinski definition) is 1. The molecule has 3 aromatic carbocycles. The topological polar surface area (TPSA) is 92.9 Å². The molecule has 0 aliphatic carbocycles. The number of benzene rings is 3. The summed E-state index contributed by atoms with van der Waals surface area (Å²) in [6.07, 6.45) is 3.03. The maximum absolute atomic E-state index is 14.0. The lowest BCUT2D eigenvalue weighted by atomic mass is 9.86. The van der Waals surface area contributed by atoms with E-state index < -0.39 is 6.04 Å². The minimum absolute atomic E-state index is 0.0172. The summed E-state index contributed by atoms with van der Waals surface area (Å²) in [5.74, 6) is -0.251. The highest BCUT2D eigenvalue weighted by molar-refractivity contribution is 6.00. The summed E-state index contributed by atoms with van der Waals surface area (Å²) < 4.78 is 5.56. The predicted octanol–water partition coefficient (Wildman–Crippen LogP) is 4.64. The molecule has 0 radical (unpaired) electrons. The van der Waals surface area contributed by atoms with Crippen LogP contribution in [0.1, 0.15) is 63.2 Å². The van der Waals surface area contributed by atoms with E-state index >= 15 is 0 Å². The number of nitrogens with two attached hydrogens (primary N) is 1. The van der Waals surface area contributed by atoms with Crippen LogP contribution >= 0.6 is 0 Å². The number of piperidine rings is 1. The van der Waals surface area contributed by atoms with Crippen LogP contribution in [0.5, 0.6) is 0 Å². The maximum Gasteiger partial charge on any atom is 0.254 e. The number of amides is 1. The van der Waals surface area contributed by atoms with Gasteiger partial charge in [-0.2, -0.15) is 0 Å².